The molecule has 0 aliphatic carbocycles. The first-order valence-corrected chi connectivity index (χ1v) is 6.67. The summed E-state index contributed by atoms with van der Waals surface area (Å²) in [6.07, 6.45) is 2.66. The second-order valence-corrected chi connectivity index (χ2v) is 4.84. The van der Waals surface area contributed by atoms with E-state index in [0.717, 1.165) is 39.0 Å². The molecule has 1 saturated heterocycles. The average Bonchev–Trinajstić information content (AvgIpc) is 2.83. The fourth-order valence-corrected chi connectivity index (χ4v) is 2.57. The van der Waals surface area contributed by atoms with E-state index in [0.29, 0.717) is 0 Å². The van der Waals surface area contributed by atoms with Gasteiger partial charge in [0.1, 0.15) is 0 Å². The monoisotopic (exact) mass is 239 g/mol. The lowest BCUT2D eigenvalue weighted by atomic mass is 9.99. The van der Waals surface area contributed by atoms with Gasteiger partial charge in [0.25, 0.3) is 0 Å². The van der Waals surface area contributed by atoms with E-state index in [9.17, 15) is 4.79 Å². The number of hydrogen-bond donors (Lipinski definition) is 1. The second kappa shape index (κ2) is 6.01. The predicted octanol–water partition coefficient (Wildman–Crippen LogP) is 1.83. The maximum Gasteiger partial charge on any atom is 0.223 e. The number of amides is 1. The molecule has 1 aliphatic heterocycles. The van der Waals surface area contributed by atoms with Gasteiger partial charge in [0.05, 0.1) is 0 Å². The Balaban J connectivity index is 1.67. The molecule has 1 aliphatic rings. The number of carbonyl (C=O) groups excluding carboxylic acids is 1. The molecule has 1 aromatic rings. The highest BCUT2D eigenvalue weighted by Gasteiger charge is 2.20. The van der Waals surface area contributed by atoms with Crippen LogP contribution in [0.25, 0.3) is 0 Å². The Bertz CT molecular complexity index is 318. The lowest BCUT2D eigenvalue weighted by Crippen LogP contribution is -2.35. The Hall–Kier alpha value is -0.870. The van der Waals surface area contributed by atoms with E-state index in [1.807, 2.05) is 0 Å². The number of rotatable bonds is 4. The zero-order valence-corrected chi connectivity index (χ0v) is 10.1. The zero-order chi connectivity index (χ0) is 11.2. The van der Waals surface area contributed by atoms with Gasteiger partial charge in [0.2, 0.25) is 5.91 Å². The van der Waals surface area contributed by atoms with Crippen molar-refractivity contribution in [2.24, 2.45) is 5.92 Å². The van der Waals surface area contributed by atoms with Gasteiger partial charge in [-0.05, 0) is 41.7 Å². The molecule has 0 radical (unpaired) electrons. The highest BCUT2D eigenvalue weighted by molar-refractivity contribution is 7.07. The summed E-state index contributed by atoms with van der Waals surface area (Å²) < 4.78 is 5.23. The molecule has 3 nitrogen and oxygen atoms in total. The van der Waals surface area contributed by atoms with Gasteiger partial charge in [-0.25, -0.2) is 0 Å². The van der Waals surface area contributed by atoms with Crippen LogP contribution < -0.4 is 5.32 Å². The van der Waals surface area contributed by atoms with Crippen LogP contribution >= 0.6 is 11.3 Å². The van der Waals surface area contributed by atoms with Crippen molar-refractivity contribution in [1.82, 2.24) is 5.32 Å². The van der Waals surface area contributed by atoms with Crippen LogP contribution in [0.5, 0.6) is 0 Å². The third kappa shape index (κ3) is 3.32. The van der Waals surface area contributed by atoms with Crippen molar-refractivity contribution >= 4 is 17.2 Å². The maximum absolute atomic E-state index is 11.8. The smallest absolute Gasteiger partial charge is 0.223 e. The molecule has 0 spiro atoms. The zero-order valence-electron chi connectivity index (χ0n) is 9.28. The van der Waals surface area contributed by atoms with Crippen LogP contribution in [-0.4, -0.2) is 25.7 Å². The Labute approximate surface area is 99.8 Å². The van der Waals surface area contributed by atoms with E-state index < -0.39 is 0 Å². The summed E-state index contributed by atoms with van der Waals surface area (Å²) in [6.45, 7) is 2.19. The first kappa shape index (κ1) is 11.6. The van der Waals surface area contributed by atoms with Crippen molar-refractivity contribution in [1.29, 1.82) is 0 Å². The largest absolute Gasteiger partial charge is 0.381 e. The van der Waals surface area contributed by atoms with E-state index in [1.54, 1.807) is 11.3 Å². The van der Waals surface area contributed by atoms with Crippen molar-refractivity contribution < 1.29 is 9.53 Å². The molecule has 4 heteroatoms. The SMILES string of the molecule is O=C(NCCc1ccsc1)C1CCOCC1. The van der Waals surface area contributed by atoms with Crippen molar-refractivity contribution in [3.63, 3.8) is 0 Å². The molecule has 0 unspecified atom stereocenters. The number of nitrogens with one attached hydrogen (secondary N) is 1. The summed E-state index contributed by atoms with van der Waals surface area (Å²) in [5.41, 5.74) is 1.30. The molecular weight excluding hydrogens is 222 g/mol. The molecule has 1 aromatic heterocycles. The molecule has 0 aromatic carbocycles. The third-order valence-electron chi connectivity index (χ3n) is 2.89. The summed E-state index contributed by atoms with van der Waals surface area (Å²) >= 11 is 1.70. The van der Waals surface area contributed by atoms with Crippen LogP contribution in [0.3, 0.4) is 0 Å². The molecule has 88 valence electrons. The fourth-order valence-electron chi connectivity index (χ4n) is 1.87. The van der Waals surface area contributed by atoms with Crippen molar-refractivity contribution in [3.8, 4) is 0 Å². The van der Waals surface area contributed by atoms with Crippen molar-refractivity contribution in [2.45, 2.75) is 19.3 Å². The lowest BCUT2D eigenvalue weighted by Gasteiger charge is -2.21. The van der Waals surface area contributed by atoms with Gasteiger partial charge in [-0.3, -0.25) is 4.79 Å². The highest BCUT2D eigenvalue weighted by atomic mass is 32.1. The van der Waals surface area contributed by atoms with E-state index in [4.69, 9.17) is 4.74 Å². The first-order valence-electron chi connectivity index (χ1n) is 5.73. The van der Waals surface area contributed by atoms with E-state index in [2.05, 4.69) is 22.1 Å². The number of hydrogen-bond acceptors (Lipinski definition) is 3. The van der Waals surface area contributed by atoms with Crippen LogP contribution in [0.1, 0.15) is 18.4 Å². The first-order chi connectivity index (χ1) is 7.86. The Morgan fingerprint density at radius 2 is 2.31 bits per heavy atom. The summed E-state index contributed by atoms with van der Waals surface area (Å²) in [4.78, 5) is 11.8. The quantitative estimate of drug-likeness (QED) is 0.870. The topological polar surface area (TPSA) is 38.3 Å². The maximum atomic E-state index is 11.8. The van der Waals surface area contributed by atoms with E-state index in [-0.39, 0.29) is 11.8 Å². The fraction of sp³-hybridized carbons (Fsp3) is 0.583. The van der Waals surface area contributed by atoms with Gasteiger partial charge in [-0.1, -0.05) is 0 Å². The van der Waals surface area contributed by atoms with E-state index in [1.165, 1.54) is 5.56 Å². The summed E-state index contributed by atoms with van der Waals surface area (Å²) in [5.74, 6) is 0.356. The molecule has 0 atom stereocenters. The van der Waals surface area contributed by atoms with Crippen LogP contribution in [0.15, 0.2) is 16.8 Å². The normalized spacial score (nSPS) is 17.2. The second-order valence-electron chi connectivity index (χ2n) is 4.06. The summed E-state index contributed by atoms with van der Waals surface area (Å²) in [6, 6.07) is 2.10. The van der Waals surface area contributed by atoms with Crippen molar-refractivity contribution in [2.75, 3.05) is 19.8 Å². The molecule has 0 bridgehead atoms. The predicted molar refractivity (Wildman–Crippen MR) is 64.6 cm³/mol. The van der Waals surface area contributed by atoms with Gasteiger partial charge in [0, 0.05) is 25.7 Å². The summed E-state index contributed by atoms with van der Waals surface area (Å²) in [5, 5.41) is 7.19. The van der Waals surface area contributed by atoms with Crippen molar-refractivity contribution in [3.05, 3.63) is 22.4 Å². The average molecular weight is 239 g/mol. The van der Waals surface area contributed by atoms with Crippen LogP contribution in [-0.2, 0) is 16.0 Å². The molecular formula is C12H17NO2S. The Morgan fingerprint density at radius 1 is 1.50 bits per heavy atom. The van der Waals surface area contributed by atoms with Gasteiger partial charge in [0.15, 0.2) is 0 Å². The summed E-state index contributed by atoms with van der Waals surface area (Å²) in [7, 11) is 0. The van der Waals surface area contributed by atoms with Gasteiger partial charge in [-0.2, -0.15) is 11.3 Å². The van der Waals surface area contributed by atoms with Crippen LogP contribution in [0, 0.1) is 5.92 Å². The van der Waals surface area contributed by atoms with Gasteiger partial charge in [-0.15, -0.1) is 0 Å². The lowest BCUT2D eigenvalue weighted by molar-refractivity contribution is -0.127. The minimum atomic E-state index is 0.163. The minimum Gasteiger partial charge on any atom is -0.381 e. The Kier molecular flexibility index (Phi) is 4.36. The molecule has 1 fully saturated rings. The Morgan fingerprint density at radius 3 is 3.00 bits per heavy atom. The van der Waals surface area contributed by atoms with Gasteiger partial charge < -0.3 is 10.1 Å². The van der Waals surface area contributed by atoms with Crippen LogP contribution in [0.4, 0.5) is 0 Å². The molecule has 0 saturated carbocycles. The number of carbonyl (C=O) groups is 1. The minimum absolute atomic E-state index is 0.163. The van der Waals surface area contributed by atoms with Gasteiger partial charge >= 0.3 is 0 Å². The molecule has 2 rings (SSSR count). The highest BCUT2D eigenvalue weighted by Crippen LogP contribution is 2.14. The number of ether oxygens (including phenoxy) is 1. The molecule has 16 heavy (non-hydrogen) atoms. The molecule has 1 amide bonds. The molecule has 1 N–H and O–H groups in total. The third-order valence-corrected chi connectivity index (χ3v) is 3.62. The molecule has 2 heterocycles. The van der Waals surface area contributed by atoms with Crippen LogP contribution in [0.2, 0.25) is 0 Å². The standard InChI is InChI=1S/C12H17NO2S/c14-12(11-2-6-15-7-3-11)13-5-1-10-4-8-16-9-10/h4,8-9,11H,1-3,5-7H2,(H,13,14). The number of thiophene rings is 1. The van der Waals surface area contributed by atoms with E-state index >= 15 is 0 Å².